The number of imide groups is 1. The largest absolute Gasteiger partial charge is 0.465 e. The molecular weight excluding hydrogens is 476 g/mol. The number of rotatable bonds is 6. The van der Waals surface area contributed by atoms with E-state index < -0.39 is 17.7 Å². The van der Waals surface area contributed by atoms with Crippen LogP contribution in [0.4, 0.5) is 5.69 Å². The summed E-state index contributed by atoms with van der Waals surface area (Å²) < 4.78 is 12.3. The van der Waals surface area contributed by atoms with Crippen LogP contribution >= 0.6 is 0 Å². The third kappa shape index (κ3) is 5.44. The van der Waals surface area contributed by atoms with Gasteiger partial charge in [0, 0.05) is 37.3 Å². The van der Waals surface area contributed by atoms with Crippen molar-refractivity contribution in [3.63, 3.8) is 0 Å². The second kappa shape index (κ2) is 10.7. The molecule has 1 aromatic carbocycles. The highest BCUT2D eigenvalue weighted by atomic mass is 16.5. The third-order valence-corrected chi connectivity index (χ3v) is 7.89. The van der Waals surface area contributed by atoms with Crippen molar-refractivity contribution in [2.45, 2.75) is 64.5 Å². The Morgan fingerprint density at radius 1 is 1.05 bits per heavy atom. The lowest BCUT2D eigenvalue weighted by molar-refractivity contribution is -0.151. The van der Waals surface area contributed by atoms with E-state index in [9.17, 15) is 19.2 Å². The Morgan fingerprint density at radius 2 is 1.78 bits per heavy atom. The molecule has 0 spiro atoms. The lowest BCUT2D eigenvalue weighted by Crippen LogP contribution is -2.48. The van der Waals surface area contributed by atoms with Crippen LogP contribution in [0.3, 0.4) is 0 Å². The molecule has 5 rings (SSSR count). The van der Waals surface area contributed by atoms with E-state index in [-0.39, 0.29) is 30.6 Å². The van der Waals surface area contributed by atoms with E-state index in [1.54, 1.807) is 0 Å². The molecule has 10 nitrogen and oxygen atoms in total. The molecule has 0 saturated carbocycles. The number of hydrogen-bond acceptors (Lipinski definition) is 8. The fourth-order valence-electron chi connectivity index (χ4n) is 5.80. The molecule has 3 saturated heterocycles. The second-order valence-corrected chi connectivity index (χ2v) is 10.9. The number of likely N-dealkylation sites (tertiary alicyclic amines) is 1. The van der Waals surface area contributed by atoms with Crippen molar-refractivity contribution in [1.82, 2.24) is 14.8 Å². The van der Waals surface area contributed by atoms with Gasteiger partial charge in [0.15, 0.2) is 5.58 Å². The molecular formula is C27H36N4O6. The molecule has 0 bridgehead atoms. The molecule has 200 valence electrons. The Hall–Kier alpha value is -3.14. The first kappa shape index (κ1) is 25.5. The summed E-state index contributed by atoms with van der Waals surface area (Å²) in [6.07, 6.45) is 4.25. The van der Waals surface area contributed by atoms with Crippen molar-refractivity contribution < 1.29 is 23.5 Å². The maximum atomic E-state index is 12.6. The molecule has 1 N–H and O–H groups in total. The Labute approximate surface area is 215 Å². The van der Waals surface area contributed by atoms with Gasteiger partial charge in [0.25, 0.3) is 0 Å². The number of amides is 2. The molecule has 0 radical (unpaired) electrons. The topological polar surface area (TPSA) is 114 Å². The number of carbonyl (C=O) groups excluding carboxylic acids is 3. The van der Waals surface area contributed by atoms with E-state index in [0.717, 1.165) is 57.5 Å². The number of benzene rings is 1. The van der Waals surface area contributed by atoms with E-state index >= 15 is 0 Å². The minimum atomic E-state index is -0.741. The molecule has 4 heterocycles. The fourth-order valence-corrected chi connectivity index (χ4v) is 5.80. The van der Waals surface area contributed by atoms with Crippen LogP contribution in [0.15, 0.2) is 27.4 Å². The van der Waals surface area contributed by atoms with Crippen LogP contribution in [0.5, 0.6) is 0 Å². The van der Waals surface area contributed by atoms with E-state index in [2.05, 4.69) is 15.1 Å². The molecule has 10 heteroatoms. The zero-order chi connectivity index (χ0) is 26.1. The van der Waals surface area contributed by atoms with Gasteiger partial charge >= 0.3 is 11.7 Å². The number of carbonyl (C=O) groups is 3. The van der Waals surface area contributed by atoms with Crippen LogP contribution in [0.25, 0.3) is 11.1 Å². The molecule has 1 aromatic heterocycles. The normalized spacial score (nSPS) is 22.6. The van der Waals surface area contributed by atoms with Crippen LogP contribution in [0.2, 0.25) is 0 Å². The number of nitrogens with zero attached hydrogens (tertiary/aromatic N) is 3. The average Bonchev–Trinajstić information content (AvgIpc) is 3.22. The summed E-state index contributed by atoms with van der Waals surface area (Å²) in [4.78, 5) is 53.5. The van der Waals surface area contributed by atoms with Gasteiger partial charge in [-0.15, -0.1) is 0 Å². The van der Waals surface area contributed by atoms with Gasteiger partial charge in [-0.25, -0.2) is 4.79 Å². The van der Waals surface area contributed by atoms with E-state index in [1.165, 1.54) is 4.57 Å². The smallest absolute Gasteiger partial charge is 0.420 e. The number of ether oxygens (including phenoxy) is 1. The van der Waals surface area contributed by atoms with E-state index in [0.29, 0.717) is 29.7 Å². The first-order valence-electron chi connectivity index (χ1n) is 13.4. The van der Waals surface area contributed by atoms with Crippen molar-refractivity contribution in [1.29, 1.82) is 0 Å². The molecule has 3 fully saturated rings. The summed E-state index contributed by atoms with van der Waals surface area (Å²) in [5, 5.41) is 2.31. The number of nitrogens with one attached hydrogen (secondary N) is 1. The van der Waals surface area contributed by atoms with Crippen LogP contribution in [0.1, 0.15) is 58.4 Å². The summed E-state index contributed by atoms with van der Waals surface area (Å²) in [6, 6.07) is 5.42. The number of hydrogen-bond donors (Lipinski definition) is 1. The van der Waals surface area contributed by atoms with Gasteiger partial charge in [0.2, 0.25) is 11.8 Å². The van der Waals surface area contributed by atoms with Crippen molar-refractivity contribution >= 4 is 34.6 Å². The van der Waals surface area contributed by atoms with Gasteiger partial charge in [0.05, 0.1) is 18.0 Å². The quantitative estimate of drug-likeness (QED) is 0.464. The van der Waals surface area contributed by atoms with Gasteiger partial charge in [-0.3, -0.25) is 24.3 Å². The Bertz CT molecular complexity index is 1220. The summed E-state index contributed by atoms with van der Waals surface area (Å²) in [5.74, 6) is -1.04. The van der Waals surface area contributed by atoms with Crippen LogP contribution in [0, 0.1) is 11.8 Å². The molecule has 37 heavy (non-hydrogen) atoms. The molecule has 1 unspecified atom stereocenters. The van der Waals surface area contributed by atoms with Crippen LogP contribution < -0.4 is 16.0 Å². The first-order valence-corrected chi connectivity index (χ1v) is 13.4. The molecule has 1 atom stereocenters. The maximum Gasteiger partial charge on any atom is 0.420 e. The summed E-state index contributed by atoms with van der Waals surface area (Å²) in [5.41, 5.74) is 2.00. The standard InChI is InChI=1S/C27H36N4O6/c1-17(2)16-36-26(34)18-7-11-29(12-8-18)19-9-13-30(14-10-19)20-3-4-21-23(15-20)37-27(35)31(21)22-5-6-24(32)28-25(22)33/h3-4,15,17-19,22H,5-14,16H2,1-2H3,(H,28,32,33). The Kier molecular flexibility index (Phi) is 7.37. The van der Waals surface area contributed by atoms with Crippen LogP contribution in [-0.4, -0.2) is 66.1 Å². The minimum Gasteiger partial charge on any atom is -0.465 e. The predicted molar refractivity (Wildman–Crippen MR) is 137 cm³/mol. The van der Waals surface area contributed by atoms with E-state index in [1.807, 2.05) is 32.0 Å². The third-order valence-electron chi connectivity index (χ3n) is 7.89. The highest BCUT2D eigenvalue weighted by Crippen LogP contribution is 2.30. The highest BCUT2D eigenvalue weighted by Gasteiger charge is 2.33. The zero-order valence-corrected chi connectivity index (χ0v) is 21.6. The van der Waals surface area contributed by atoms with Gasteiger partial charge in [-0.1, -0.05) is 13.8 Å². The number of fused-ring (bicyclic) bond motifs is 1. The van der Waals surface area contributed by atoms with Crippen molar-refractivity contribution in [2.24, 2.45) is 11.8 Å². The molecule has 3 aliphatic heterocycles. The van der Waals surface area contributed by atoms with Gasteiger partial charge in [-0.2, -0.15) is 0 Å². The molecule has 0 aliphatic carbocycles. The SMILES string of the molecule is CC(C)COC(=O)C1CCN(C2CCN(c3ccc4c(c3)oc(=O)n4C3CCC(=O)NC3=O)CC2)CC1. The van der Waals surface area contributed by atoms with Crippen molar-refractivity contribution in [2.75, 3.05) is 37.7 Å². The lowest BCUT2D eigenvalue weighted by atomic mass is 9.93. The maximum absolute atomic E-state index is 12.6. The second-order valence-electron chi connectivity index (χ2n) is 10.9. The van der Waals surface area contributed by atoms with Crippen molar-refractivity contribution in [3.05, 3.63) is 28.7 Å². The van der Waals surface area contributed by atoms with E-state index in [4.69, 9.17) is 9.15 Å². The fraction of sp³-hybridized carbons (Fsp3) is 0.630. The Balaban J connectivity index is 1.17. The predicted octanol–water partition coefficient (Wildman–Crippen LogP) is 2.45. The lowest BCUT2D eigenvalue weighted by Gasteiger charge is -2.42. The van der Waals surface area contributed by atoms with Crippen LogP contribution in [-0.2, 0) is 19.1 Å². The van der Waals surface area contributed by atoms with Gasteiger partial charge in [-0.05, 0) is 63.2 Å². The molecule has 2 aromatic rings. The highest BCUT2D eigenvalue weighted by molar-refractivity contribution is 6.00. The summed E-state index contributed by atoms with van der Waals surface area (Å²) in [6.45, 7) is 8.24. The summed E-state index contributed by atoms with van der Waals surface area (Å²) >= 11 is 0. The number of esters is 1. The number of oxazole rings is 1. The average molecular weight is 513 g/mol. The minimum absolute atomic E-state index is 0.0175. The van der Waals surface area contributed by atoms with Gasteiger partial charge < -0.3 is 19.0 Å². The Morgan fingerprint density at radius 3 is 2.46 bits per heavy atom. The summed E-state index contributed by atoms with van der Waals surface area (Å²) in [7, 11) is 0. The number of piperidine rings is 3. The number of anilines is 1. The van der Waals surface area contributed by atoms with Crippen molar-refractivity contribution in [3.8, 4) is 0 Å². The zero-order valence-electron chi connectivity index (χ0n) is 21.6. The monoisotopic (exact) mass is 512 g/mol. The first-order chi connectivity index (χ1) is 17.8. The van der Waals surface area contributed by atoms with Gasteiger partial charge in [0.1, 0.15) is 6.04 Å². The molecule has 2 amide bonds. The molecule has 3 aliphatic rings. The number of aromatic nitrogens is 1.